The van der Waals surface area contributed by atoms with E-state index in [1.807, 2.05) is 0 Å². The van der Waals surface area contributed by atoms with Gasteiger partial charge in [0.15, 0.2) is 0 Å². The van der Waals surface area contributed by atoms with Crippen LogP contribution in [0.2, 0.25) is 0 Å². The van der Waals surface area contributed by atoms with Gasteiger partial charge in [-0.1, -0.05) is 6.58 Å². The Morgan fingerprint density at radius 3 is 2.67 bits per heavy atom. The molecular weight excluding hydrogens is 116 g/mol. The highest BCUT2D eigenvalue weighted by Crippen LogP contribution is 2.21. The molecular formula is C7H10O2. The predicted molar refractivity (Wildman–Crippen MR) is 33.9 cm³/mol. The predicted octanol–water partition coefficient (Wildman–Crippen LogP) is 1.27. The topological polar surface area (TPSA) is 26.3 Å². The Hall–Kier alpha value is -0.790. The van der Waals surface area contributed by atoms with E-state index in [0.717, 1.165) is 12.8 Å². The molecule has 0 amide bonds. The second-order valence-electron chi connectivity index (χ2n) is 2.19. The Labute approximate surface area is 54.5 Å². The minimum atomic E-state index is -0.292. The average molecular weight is 126 g/mol. The highest BCUT2D eigenvalue weighted by Gasteiger charge is 2.19. The van der Waals surface area contributed by atoms with Gasteiger partial charge in [-0.15, -0.1) is 0 Å². The molecule has 9 heavy (non-hydrogen) atoms. The van der Waals surface area contributed by atoms with Gasteiger partial charge in [-0.3, -0.25) is 0 Å². The minimum absolute atomic E-state index is 0.190. The van der Waals surface area contributed by atoms with Crippen LogP contribution in [0.15, 0.2) is 12.7 Å². The Morgan fingerprint density at radius 1 is 1.67 bits per heavy atom. The molecule has 0 aliphatic heterocycles. The summed E-state index contributed by atoms with van der Waals surface area (Å²) in [5, 5.41) is 0. The second kappa shape index (κ2) is 2.67. The number of carbonyl (C=O) groups excluding carboxylic acids is 1. The summed E-state index contributed by atoms with van der Waals surface area (Å²) in [5.41, 5.74) is 0. The number of hydrogen-bond acceptors (Lipinski definition) is 2. The standard InChI is InChI=1S/C7H10O2/c1-2-7(8)9-6-4-3-5-6/h2,6H,1,3-5H2. The van der Waals surface area contributed by atoms with Crippen molar-refractivity contribution in [3.63, 3.8) is 0 Å². The Bertz CT molecular complexity index is 125. The molecule has 0 N–H and O–H groups in total. The lowest BCUT2D eigenvalue weighted by Crippen LogP contribution is -2.23. The highest BCUT2D eigenvalue weighted by molar-refractivity contribution is 5.81. The van der Waals surface area contributed by atoms with Gasteiger partial charge < -0.3 is 4.74 Å². The molecule has 0 atom stereocenters. The van der Waals surface area contributed by atoms with Gasteiger partial charge in [0.1, 0.15) is 6.10 Å². The molecule has 0 unspecified atom stereocenters. The average Bonchev–Trinajstić information content (AvgIpc) is 1.78. The minimum Gasteiger partial charge on any atom is -0.459 e. The van der Waals surface area contributed by atoms with Crippen molar-refractivity contribution in [2.45, 2.75) is 25.4 Å². The van der Waals surface area contributed by atoms with Crippen molar-refractivity contribution in [1.82, 2.24) is 0 Å². The number of rotatable bonds is 2. The van der Waals surface area contributed by atoms with Gasteiger partial charge in [-0.05, 0) is 19.3 Å². The fourth-order valence-corrected chi connectivity index (χ4v) is 0.701. The molecule has 0 spiro atoms. The van der Waals surface area contributed by atoms with E-state index in [4.69, 9.17) is 4.74 Å². The van der Waals surface area contributed by atoms with E-state index < -0.39 is 0 Å². The maximum absolute atomic E-state index is 10.5. The third kappa shape index (κ3) is 1.56. The van der Waals surface area contributed by atoms with Crippen molar-refractivity contribution in [2.75, 3.05) is 0 Å². The molecule has 1 fully saturated rings. The van der Waals surface area contributed by atoms with Gasteiger partial charge in [0.05, 0.1) is 0 Å². The van der Waals surface area contributed by atoms with E-state index in [0.29, 0.717) is 0 Å². The van der Waals surface area contributed by atoms with E-state index in [2.05, 4.69) is 6.58 Å². The molecule has 0 bridgehead atoms. The summed E-state index contributed by atoms with van der Waals surface area (Å²) in [6, 6.07) is 0. The van der Waals surface area contributed by atoms with Crippen molar-refractivity contribution in [1.29, 1.82) is 0 Å². The molecule has 1 aliphatic carbocycles. The molecule has 0 saturated heterocycles. The van der Waals surface area contributed by atoms with Crippen LogP contribution in [-0.4, -0.2) is 12.1 Å². The van der Waals surface area contributed by atoms with Gasteiger partial charge in [-0.2, -0.15) is 0 Å². The molecule has 2 nitrogen and oxygen atoms in total. The largest absolute Gasteiger partial charge is 0.459 e. The van der Waals surface area contributed by atoms with Crippen LogP contribution >= 0.6 is 0 Å². The molecule has 0 aromatic carbocycles. The zero-order valence-corrected chi connectivity index (χ0v) is 5.30. The van der Waals surface area contributed by atoms with Crippen molar-refractivity contribution >= 4 is 5.97 Å². The van der Waals surface area contributed by atoms with Crippen LogP contribution in [-0.2, 0) is 9.53 Å². The summed E-state index contributed by atoms with van der Waals surface area (Å²) in [6.45, 7) is 3.30. The number of esters is 1. The van der Waals surface area contributed by atoms with E-state index in [1.165, 1.54) is 12.5 Å². The van der Waals surface area contributed by atoms with Crippen LogP contribution in [0.5, 0.6) is 0 Å². The second-order valence-corrected chi connectivity index (χ2v) is 2.19. The molecule has 2 heteroatoms. The first-order valence-corrected chi connectivity index (χ1v) is 3.16. The summed E-state index contributed by atoms with van der Waals surface area (Å²) >= 11 is 0. The van der Waals surface area contributed by atoms with Crippen LogP contribution in [0, 0.1) is 0 Å². The smallest absolute Gasteiger partial charge is 0.330 e. The summed E-state index contributed by atoms with van der Waals surface area (Å²) in [7, 11) is 0. The van der Waals surface area contributed by atoms with E-state index in [1.54, 1.807) is 0 Å². The van der Waals surface area contributed by atoms with Gasteiger partial charge in [0, 0.05) is 6.08 Å². The molecule has 0 radical (unpaired) electrons. The molecule has 1 saturated carbocycles. The van der Waals surface area contributed by atoms with E-state index in [-0.39, 0.29) is 12.1 Å². The highest BCUT2D eigenvalue weighted by atomic mass is 16.5. The number of ether oxygens (including phenoxy) is 1. The van der Waals surface area contributed by atoms with Crippen molar-refractivity contribution in [3.05, 3.63) is 12.7 Å². The summed E-state index contributed by atoms with van der Waals surface area (Å²) in [4.78, 5) is 10.5. The molecule has 1 aliphatic rings. The first-order chi connectivity index (χ1) is 4.33. The SMILES string of the molecule is C=CC(=O)OC1CCC1. The molecule has 0 aromatic rings. The summed E-state index contributed by atoms with van der Waals surface area (Å²) in [6.07, 6.45) is 4.64. The van der Waals surface area contributed by atoms with Crippen molar-refractivity contribution in [2.24, 2.45) is 0 Å². The molecule has 0 aromatic heterocycles. The van der Waals surface area contributed by atoms with E-state index in [9.17, 15) is 4.79 Å². The van der Waals surface area contributed by atoms with Crippen LogP contribution in [0.3, 0.4) is 0 Å². The number of carbonyl (C=O) groups is 1. The first kappa shape index (κ1) is 6.33. The van der Waals surface area contributed by atoms with Crippen LogP contribution < -0.4 is 0 Å². The van der Waals surface area contributed by atoms with Gasteiger partial charge in [0.2, 0.25) is 0 Å². The lowest BCUT2D eigenvalue weighted by atomic mass is 9.96. The molecule has 1 rings (SSSR count). The summed E-state index contributed by atoms with van der Waals surface area (Å²) in [5.74, 6) is -0.292. The maximum Gasteiger partial charge on any atom is 0.330 e. The fourth-order valence-electron chi connectivity index (χ4n) is 0.701. The normalized spacial score (nSPS) is 18.2. The first-order valence-electron chi connectivity index (χ1n) is 3.16. The number of hydrogen-bond donors (Lipinski definition) is 0. The van der Waals surface area contributed by atoms with Gasteiger partial charge in [-0.25, -0.2) is 4.79 Å². The Kier molecular flexibility index (Phi) is 1.88. The van der Waals surface area contributed by atoms with Crippen molar-refractivity contribution in [3.8, 4) is 0 Å². The molecule has 0 heterocycles. The third-order valence-corrected chi connectivity index (χ3v) is 1.50. The van der Waals surface area contributed by atoms with Crippen LogP contribution in [0.4, 0.5) is 0 Å². The monoisotopic (exact) mass is 126 g/mol. The maximum atomic E-state index is 10.5. The summed E-state index contributed by atoms with van der Waals surface area (Å²) < 4.78 is 4.88. The fraction of sp³-hybridized carbons (Fsp3) is 0.571. The van der Waals surface area contributed by atoms with Crippen molar-refractivity contribution < 1.29 is 9.53 Å². The lowest BCUT2D eigenvalue weighted by molar-refractivity contribution is -0.146. The van der Waals surface area contributed by atoms with Gasteiger partial charge in [0.25, 0.3) is 0 Å². The zero-order valence-electron chi connectivity index (χ0n) is 5.30. The third-order valence-electron chi connectivity index (χ3n) is 1.50. The zero-order chi connectivity index (χ0) is 6.69. The van der Waals surface area contributed by atoms with Crippen LogP contribution in [0.1, 0.15) is 19.3 Å². The Morgan fingerprint density at radius 2 is 2.33 bits per heavy atom. The lowest BCUT2D eigenvalue weighted by Gasteiger charge is -2.24. The Balaban J connectivity index is 2.16. The quantitative estimate of drug-likeness (QED) is 0.411. The van der Waals surface area contributed by atoms with E-state index >= 15 is 0 Å². The molecule has 50 valence electrons. The van der Waals surface area contributed by atoms with Gasteiger partial charge >= 0.3 is 5.97 Å². The van der Waals surface area contributed by atoms with Crippen LogP contribution in [0.25, 0.3) is 0 Å².